The predicted molar refractivity (Wildman–Crippen MR) is 129 cm³/mol. The molecule has 0 atom stereocenters. The number of aryl methyl sites for hydroxylation is 1. The topological polar surface area (TPSA) is 107 Å². The summed E-state index contributed by atoms with van der Waals surface area (Å²) in [5.41, 5.74) is 1.54. The van der Waals surface area contributed by atoms with Gasteiger partial charge in [0.25, 0.3) is 0 Å². The number of carbonyl (C=O) groups is 1. The highest BCUT2D eigenvalue weighted by Gasteiger charge is 2.44. The van der Waals surface area contributed by atoms with E-state index in [0.29, 0.717) is 38.3 Å². The van der Waals surface area contributed by atoms with E-state index in [1.807, 2.05) is 37.3 Å². The van der Waals surface area contributed by atoms with Crippen LogP contribution >= 0.6 is 0 Å². The highest BCUT2D eigenvalue weighted by molar-refractivity contribution is 7.89. The molecule has 0 bridgehead atoms. The molecule has 1 fully saturated rings. The van der Waals surface area contributed by atoms with Gasteiger partial charge in [0, 0.05) is 16.6 Å². The molecular weight excluding hydrogens is 454 g/mol. The molecule has 4 rings (SSSR count). The number of piperidine rings is 1. The van der Waals surface area contributed by atoms with E-state index < -0.39 is 21.5 Å². The molecule has 1 aromatic heterocycles. The minimum atomic E-state index is -3.94. The summed E-state index contributed by atoms with van der Waals surface area (Å²) in [6.07, 6.45) is 0.650. The van der Waals surface area contributed by atoms with E-state index in [4.69, 9.17) is 9.47 Å². The second-order valence-electron chi connectivity index (χ2n) is 8.36. The lowest BCUT2D eigenvalue weighted by Crippen LogP contribution is -2.59. The SMILES string of the molecule is CCOC(=O)C1(NS(=O)(=O)c2ccc(OCc3cc(C)nc4ccccc34)cc2)CCNCC1. The number of hydrogen-bond donors (Lipinski definition) is 2. The number of benzene rings is 2. The number of aromatic nitrogens is 1. The summed E-state index contributed by atoms with van der Waals surface area (Å²) >= 11 is 0. The van der Waals surface area contributed by atoms with Crippen molar-refractivity contribution < 1.29 is 22.7 Å². The van der Waals surface area contributed by atoms with E-state index in [-0.39, 0.29) is 11.5 Å². The van der Waals surface area contributed by atoms with Crippen molar-refractivity contribution >= 4 is 26.9 Å². The molecule has 8 nitrogen and oxygen atoms in total. The molecule has 2 heterocycles. The Morgan fingerprint density at radius 3 is 2.53 bits per heavy atom. The first kappa shape index (κ1) is 24.1. The molecular formula is C25H29N3O5S. The Morgan fingerprint density at radius 2 is 1.82 bits per heavy atom. The van der Waals surface area contributed by atoms with Crippen molar-refractivity contribution in [3.8, 4) is 5.75 Å². The summed E-state index contributed by atoms with van der Waals surface area (Å²) in [5.74, 6) is -0.000585. The number of pyridine rings is 1. The van der Waals surface area contributed by atoms with Gasteiger partial charge in [-0.05, 0) is 76.2 Å². The maximum absolute atomic E-state index is 13.1. The van der Waals surface area contributed by atoms with E-state index in [1.54, 1.807) is 19.1 Å². The highest BCUT2D eigenvalue weighted by atomic mass is 32.2. The second-order valence-corrected chi connectivity index (χ2v) is 10.0. The fraction of sp³-hybridized carbons (Fsp3) is 0.360. The summed E-state index contributed by atoms with van der Waals surface area (Å²) in [7, 11) is -3.94. The number of carbonyl (C=O) groups excluding carboxylic acids is 1. The Morgan fingerprint density at radius 1 is 1.12 bits per heavy atom. The zero-order chi connectivity index (χ0) is 24.2. The van der Waals surface area contributed by atoms with Gasteiger partial charge in [-0.3, -0.25) is 9.78 Å². The number of nitrogens with one attached hydrogen (secondary N) is 2. The van der Waals surface area contributed by atoms with E-state index in [9.17, 15) is 13.2 Å². The summed E-state index contributed by atoms with van der Waals surface area (Å²) in [5, 5.41) is 4.16. The normalized spacial score (nSPS) is 15.7. The van der Waals surface area contributed by atoms with Crippen LogP contribution in [0.5, 0.6) is 5.75 Å². The van der Waals surface area contributed by atoms with Gasteiger partial charge in [0.05, 0.1) is 17.0 Å². The average molecular weight is 484 g/mol. The van der Waals surface area contributed by atoms with Crippen molar-refractivity contribution in [1.82, 2.24) is 15.0 Å². The van der Waals surface area contributed by atoms with Crippen LogP contribution in [0.15, 0.2) is 59.5 Å². The first-order chi connectivity index (χ1) is 16.3. The van der Waals surface area contributed by atoms with Crippen LogP contribution in [-0.2, 0) is 26.2 Å². The van der Waals surface area contributed by atoms with Gasteiger partial charge in [0.2, 0.25) is 10.0 Å². The van der Waals surface area contributed by atoms with Crippen molar-refractivity contribution in [2.24, 2.45) is 0 Å². The second kappa shape index (κ2) is 10.1. The molecule has 1 aliphatic heterocycles. The van der Waals surface area contributed by atoms with Crippen molar-refractivity contribution in [2.75, 3.05) is 19.7 Å². The molecule has 0 saturated carbocycles. The first-order valence-electron chi connectivity index (χ1n) is 11.3. The van der Waals surface area contributed by atoms with Gasteiger partial charge in [-0.1, -0.05) is 18.2 Å². The quantitative estimate of drug-likeness (QED) is 0.474. The van der Waals surface area contributed by atoms with Crippen molar-refractivity contribution in [1.29, 1.82) is 0 Å². The van der Waals surface area contributed by atoms with Crippen LogP contribution in [0.4, 0.5) is 0 Å². The molecule has 0 spiro atoms. The standard InChI is InChI=1S/C25H29N3O5S/c1-3-32-24(29)25(12-14-26-15-13-25)28-34(30,31)21-10-8-20(9-11-21)33-17-19-16-18(2)27-23-7-5-4-6-22(19)23/h4-11,16,26,28H,3,12-15,17H2,1-2H3. The number of hydrogen-bond acceptors (Lipinski definition) is 7. The number of fused-ring (bicyclic) bond motifs is 1. The van der Waals surface area contributed by atoms with Crippen LogP contribution < -0.4 is 14.8 Å². The van der Waals surface area contributed by atoms with Crippen LogP contribution in [0.25, 0.3) is 10.9 Å². The summed E-state index contributed by atoms with van der Waals surface area (Å²) in [6, 6.07) is 16.0. The Bertz CT molecular complexity index is 1270. The molecule has 1 aliphatic rings. The van der Waals surface area contributed by atoms with E-state index in [0.717, 1.165) is 22.2 Å². The van der Waals surface area contributed by atoms with Gasteiger partial charge in [0.15, 0.2) is 0 Å². The van der Waals surface area contributed by atoms with Gasteiger partial charge < -0.3 is 14.8 Å². The van der Waals surface area contributed by atoms with Gasteiger partial charge in [-0.15, -0.1) is 0 Å². The van der Waals surface area contributed by atoms with E-state index in [1.165, 1.54) is 12.1 Å². The fourth-order valence-corrected chi connectivity index (χ4v) is 5.59. The van der Waals surface area contributed by atoms with Gasteiger partial charge >= 0.3 is 5.97 Å². The lowest BCUT2D eigenvalue weighted by atomic mass is 9.90. The number of sulfonamides is 1. The number of ether oxygens (including phenoxy) is 2. The third-order valence-electron chi connectivity index (χ3n) is 5.91. The Kier molecular flexibility index (Phi) is 7.16. The van der Waals surface area contributed by atoms with Crippen LogP contribution in [0.1, 0.15) is 31.0 Å². The highest BCUT2D eigenvalue weighted by Crippen LogP contribution is 2.26. The fourth-order valence-electron chi connectivity index (χ4n) is 4.18. The molecule has 0 unspecified atom stereocenters. The van der Waals surface area contributed by atoms with Crippen molar-refractivity contribution in [2.45, 2.75) is 43.7 Å². The molecule has 34 heavy (non-hydrogen) atoms. The van der Waals surface area contributed by atoms with Crippen LogP contribution in [-0.4, -0.2) is 44.6 Å². The van der Waals surface area contributed by atoms with Crippen LogP contribution in [0.2, 0.25) is 0 Å². The molecule has 180 valence electrons. The number of esters is 1. The largest absolute Gasteiger partial charge is 0.489 e. The van der Waals surface area contributed by atoms with Crippen molar-refractivity contribution in [3.63, 3.8) is 0 Å². The van der Waals surface area contributed by atoms with Gasteiger partial charge in [-0.2, -0.15) is 4.72 Å². The monoisotopic (exact) mass is 483 g/mol. The molecule has 0 aliphatic carbocycles. The Labute approximate surface area is 199 Å². The summed E-state index contributed by atoms with van der Waals surface area (Å²) in [4.78, 5) is 17.2. The molecule has 2 aromatic carbocycles. The molecule has 0 amide bonds. The third kappa shape index (κ3) is 5.22. The summed E-state index contributed by atoms with van der Waals surface area (Å²) < 4.78 is 39.9. The van der Waals surface area contributed by atoms with Crippen molar-refractivity contribution in [3.05, 3.63) is 65.9 Å². The summed E-state index contributed by atoms with van der Waals surface area (Å²) in [6.45, 7) is 5.21. The predicted octanol–water partition coefficient (Wildman–Crippen LogP) is 3.09. The first-order valence-corrected chi connectivity index (χ1v) is 12.8. The molecule has 9 heteroatoms. The van der Waals surface area contributed by atoms with E-state index >= 15 is 0 Å². The lowest BCUT2D eigenvalue weighted by molar-refractivity contribution is -0.151. The minimum absolute atomic E-state index is 0.0623. The van der Waals surface area contributed by atoms with Crippen LogP contribution in [0, 0.1) is 6.92 Å². The zero-order valence-corrected chi connectivity index (χ0v) is 20.2. The maximum Gasteiger partial charge on any atom is 0.327 e. The molecule has 1 saturated heterocycles. The maximum atomic E-state index is 13.1. The van der Waals surface area contributed by atoms with Gasteiger partial charge in [0.1, 0.15) is 17.9 Å². The Hall–Kier alpha value is -3.01. The Balaban J connectivity index is 1.49. The third-order valence-corrected chi connectivity index (χ3v) is 7.46. The zero-order valence-electron chi connectivity index (χ0n) is 19.3. The van der Waals surface area contributed by atoms with Crippen LogP contribution in [0.3, 0.4) is 0 Å². The molecule has 0 radical (unpaired) electrons. The number of nitrogens with zero attached hydrogens (tertiary/aromatic N) is 1. The van der Waals surface area contributed by atoms with Gasteiger partial charge in [-0.25, -0.2) is 8.42 Å². The minimum Gasteiger partial charge on any atom is -0.489 e. The smallest absolute Gasteiger partial charge is 0.327 e. The molecule has 2 N–H and O–H groups in total. The lowest BCUT2D eigenvalue weighted by Gasteiger charge is -2.35. The average Bonchev–Trinajstić information content (AvgIpc) is 2.83. The molecule has 3 aromatic rings. The number of rotatable bonds is 8. The van der Waals surface area contributed by atoms with E-state index in [2.05, 4.69) is 15.0 Å². The number of para-hydroxylation sites is 1.